The zero-order chi connectivity index (χ0) is 6.91. The van der Waals surface area contributed by atoms with Crippen LogP contribution in [0.15, 0.2) is 17.6 Å². The number of imidazole rings is 1. The van der Waals surface area contributed by atoms with Crippen LogP contribution in [0.25, 0.3) is 0 Å². The van der Waals surface area contributed by atoms with Crippen LogP contribution in [0.2, 0.25) is 0 Å². The van der Waals surface area contributed by atoms with Crippen LogP contribution < -0.4 is 0 Å². The van der Waals surface area contributed by atoms with E-state index in [0.29, 0.717) is 0 Å². The van der Waals surface area contributed by atoms with Crippen LogP contribution in [0.5, 0.6) is 0 Å². The lowest BCUT2D eigenvalue weighted by atomic mass is 11.0. The third kappa shape index (κ3) is 1.44. The molecule has 0 aliphatic heterocycles. The number of aromatic amines is 1. The van der Waals surface area contributed by atoms with E-state index in [0.717, 1.165) is 0 Å². The van der Waals surface area contributed by atoms with Gasteiger partial charge in [0.15, 0.2) is 0 Å². The summed E-state index contributed by atoms with van der Waals surface area (Å²) in [5.41, 5.74) is 0. The van der Waals surface area contributed by atoms with Crippen LogP contribution in [0.1, 0.15) is 0 Å². The topological polar surface area (TPSA) is 69.1 Å². The van der Waals surface area contributed by atoms with Gasteiger partial charge in [0.2, 0.25) is 5.16 Å². The van der Waals surface area contributed by atoms with E-state index in [1.165, 1.54) is 12.5 Å². The first kappa shape index (κ1) is 6.60. The van der Waals surface area contributed by atoms with Crippen LogP contribution in [-0.4, -0.2) is 25.3 Å². The zero-order valence-electron chi connectivity index (χ0n) is 4.90. The number of nitrogens with zero attached hydrogens (tertiary/aromatic N) is 1. The van der Waals surface area contributed by atoms with Gasteiger partial charge >= 0.3 is 0 Å². The molecular weight excluding hydrogens is 140 g/mol. The molecule has 0 unspecified atom stereocenters. The van der Waals surface area contributed by atoms with E-state index in [9.17, 15) is 0 Å². The first-order valence-electron chi connectivity index (χ1n) is 2.33. The summed E-state index contributed by atoms with van der Waals surface area (Å²) in [6.07, 6.45) is 4.35. The number of H-pyrrole nitrogens is 1. The summed E-state index contributed by atoms with van der Waals surface area (Å²) in [7, 11) is -2.63. The normalized spacial score (nSPS) is 13.7. The first-order valence-corrected chi connectivity index (χ1v) is 4.29. The summed E-state index contributed by atoms with van der Waals surface area (Å²) in [4.78, 5) is 6.27. The Balaban J connectivity index is 2.90. The van der Waals surface area contributed by atoms with Gasteiger partial charge in [-0.15, -0.1) is 10.6 Å². The monoisotopic (exact) mass is 148 g/mol. The van der Waals surface area contributed by atoms with Gasteiger partial charge in [0.1, 0.15) is 0 Å². The summed E-state index contributed by atoms with van der Waals surface area (Å²) < 4.78 is 17.8. The SMILES string of the molecule is CS(O)(O)c1ncc[nH]1. The highest BCUT2D eigenvalue weighted by atomic mass is 32.3. The van der Waals surface area contributed by atoms with Crippen LogP contribution >= 0.6 is 10.6 Å². The van der Waals surface area contributed by atoms with Crippen molar-refractivity contribution in [1.29, 1.82) is 0 Å². The Morgan fingerprint density at radius 2 is 2.33 bits per heavy atom. The van der Waals surface area contributed by atoms with Gasteiger partial charge in [-0.25, -0.2) is 4.98 Å². The van der Waals surface area contributed by atoms with Crippen LogP contribution in [-0.2, 0) is 0 Å². The van der Waals surface area contributed by atoms with E-state index in [1.807, 2.05) is 0 Å². The molecule has 0 atom stereocenters. The second-order valence-electron chi connectivity index (χ2n) is 1.73. The van der Waals surface area contributed by atoms with Crippen LogP contribution in [0.4, 0.5) is 0 Å². The molecule has 1 aromatic heterocycles. The van der Waals surface area contributed by atoms with Gasteiger partial charge in [0.05, 0.1) is 0 Å². The van der Waals surface area contributed by atoms with Crippen molar-refractivity contribution < 1.29 is 9.11 Å². The summed E-state index contributed by atoms with van der Waals surface area (Å²) in [6.45, 7) is 0. The average Bonchev–Trinajstić information content (AvgIpc) is 2.08. The molecule has 0 spiro atoms. The van der Waals surface area contributed by atoms with Gasteiger partial charge in [-0.2, -0.15) is 0 Å². The summed E-state index contributed by atoms with van der Waals surface area (Å²) >= 11 is 0. The molecule has 1 heterocycles. The molecule has 1 aromatic rings. The van der Waals surface area contributed by atoms with Gasteiger partial charge in [-0.05, 0) is 0 Å². The Morgan fingerprint density at radius 1 is 1.67 bits per heavy atom. The predicted octanol–water partition coefficient (Wildman–Crippen LogP) is 1.15. The molecule has 0 aromatic carbocycles. The molecule has 1 rings (SSSR count). The van der Waals surface area contributed by atoms with Gasteiger partial charge in [0, 0.05) is 18.6 Å². The van der Waals surface area contributed by atoms with E-state index in [2.05, 4.69) is 9.97 Å². The Bertz CT molecular complexity index is 179. The highest BCUT2D eigenvalue weighted by Gasteiger charge is 2.08. The third-order valence-electron chi connectivity index (χ3n) is 0.839. The highest BCUT2D eigenvalue weighted by Crippen LogP contribution is 2.40. The quantitative estimate of drug-likeness (QED) is 0.559. The molecule has 0 saturated carbocycles. The molecule has 9 heavy (non-hydrogen) atoms. The van der Waals surface area contributed by atoms with Crippen molar-refractivity contribution in [2.45, 2.75) is 5.16 Å². The second kappa shape index (κ2) is 2.02. The molecule has 0 aliphatic carbocycles. The minimum absolute atomic E-state index is 0.238. The standard InChI is InChI=1S/C4H8N2O2S/c1-9(7,8)4-5-2-3-6-4/h2-3,7-8H,1H3,(H,5,6). The Morgan fingerprint density at radius 3 is 2.56 bits per heavy atom. The molecule has 0 radical (unpaired) electrons. The fourth-order valence-electron chi connectivity index (χ4n) is 0.462. The summed E-state index contributed by atoms with van der Waals surface area (Å²) in [5.74, 6) is 0. The smallest absolute Gasteiger partial charge is 0.219 e. The number of rotatable bonds is 1. The molecule has 0 bridgehead atoms. The molecule has 0 amide bonds. The molecular formula is C4H8N2O2S. The molecule has 4 nitrogen and oxygen atoms in total. The van der Waals surface area contributed by atoms with E-state index >= 15 is 0 Å². The van der Waals surface area contributed by atoms with Crippen molar-refractivity contribution in [2.24, 2.45) is 0 Å². The summed E-state index contributed by atoms with van der Waals surface area (Å²) in [6, 6.07) is 0. The Kier molecular flexibility index (Phi) is 1.48. The summed E-state index contributed by atoms with van der Waals surface area (Å²) in [5, 5.41) is 0.238. The lowest BCUT2D eigenvalue weighted by molar-refractivity contribution is 0.487. The van der Waals surface area contributed by atoms with E-state index in [4.69, 9.17) is 9.11 Å². The number of hydrogen-bond donors (Lipinski definition) is 3. The first-order chi connectivity index (χ1) is 4.11. The predicted molar refractivity (Wildman–Crippen MR) is 35.6 cm³/mol. The lowest BCUT2D eigenvalue weighted by Gasteiger charge is -2.22. The molecule has 5 heteroatoms. The fourth-order valence-corrected chi connectivity index (χ4v) is 1.01. The van der Waals surface area contributed by atoms with Gasteiger partial charge in [-0.1, -0.05) is 0 Å². The molecule has 0 fully saturated rings. The minimum atomic E-state index is -2.63. The average molecular weight is 148 g/mol. The van der Waals surface area contributed by atoms with Gasteiger partial charge in [0.25, 0.3) is 0 Å². The zero-order valence-corrected chi connectivity index (χ0v) is 5.72. The van der Waals surface area contributed by atoms with E-state index < -0.39 is 10.6 Å². The fraction of sp³-hybridized carbons (Fsp3) is 0.250. The van der Waals surface area contributed by atoms with Crippen molar-refractivity contribution in [2.75, 3.05) is 6.26 Å². The maximum absolute atomic E-state index is 8.92. The molecule has 52 valence electrons. The second-order valence-corrected chi connectivity index (χ2v) is 3.78. The van der Waals surface area contributed by atoms with Crippen LogP contribution in [0.3, 0.4) is 0 Å². The largest absolute Gasteiger partial charge is 0.332 e. The van der Waals surface area contributed by atoms with Gasteiger partial charge < -0.3 is 4.98 Å². The third-order valence-corrected chi connectivity index (χ3v) is 1.80. The Hall–Kier alpha value is -0.520. The maximum atomic E-state index is 8.92. The number of aromatic nitrogens is 2. The van der Waals surface area contributed by atoms with E-state index in [1.54, 1.807) is 6.20 Å². The van der Waals surface area contributed by atoms with Crippen LogP contribution in [0, 0.1) is 0 Å². The molecule has 3 N–H and O–H groups in total. The maximum Gasteiger partial charge on any atom is 0.219 e. The molecule has 0 aliphatic rings. The van der Waals surface area contributed by atoms with Crippen molar-refractivity contribution in [1.82, 2.24) is 9.97 Å². The van der Waals surface area contributed by atoms with Gasteiger partial charge in [-0.3, -0.25) is 9.11 Å². The van der Waals surface area contributed by atoms with Crippen molar-refractivity contribution in [3.05, 3.63) is 12.4 Å². The number of nitrogens with one attached hydrogen (secondary N) is 1. The number of hydrogen-bond acceptors (Lipinski definition) is 3. The van der Waals surface area contributed by atoms with Crippen molar-refractivity contribution >= 4 is 10.6 Å². The Labute approximate surface area is 54.3 Å². The van der Waals surface area contributed by atoms with E-state index in [-0.39, 0.29) is 5.16 Å². The van der Waals surface area contributed by atoms with Crippen molar-refractivity contribution in [3.8, 4) is 0 Å². The highest BCUT2D eigenvalue weighted by molar-refractivity contribution is 8.23. The minimum Gasteiger partial charge on any atom is -0.332 e. The lowest BCUT2D eigenvalue weighted by Crippen LogP contribution is -1.96. The van der Waals surface area contributed by atoms with Crippen molar-refractivity contribution in [3.63, 3.8) is 0 Å². The molecule has 0 saturated heterocycles.